The average Bonchev–Trinajstić information content (AvgIpc) is 3.22. The molecule has 1 aliphatic heterocycles. The molecule has 1 aliphatic rings. The summed E-state index contributed by atoms with van der Waals surface area (Å²) in [5.41, 5.74) is 2.01. The first kappa shape index (κ1) is 21.8. The number of nitro benzene ring substituents is 1. The molecule has 5 rings (SSSR count). The van der Waals surface area contributed by atoms with E-state index in [1.807, 2.05) is 22.8 Å². The van der Waals surface area contributed by atoms with Crippen molar-refractivity contribution >= 4 is 39.8 Å². The van der Waals surface area contributed by atoms with Crippen molar-refractivity contribution in [3.8, 4) is 23.1 Å². The number of amides is 1. The lowest BCUT2D eigenvalue weighted by atomic mass is 10.1. The fraction of sp³-hybridized carbons (Fsp3) is 0.130. The van der Waals surface area contributed by atoms with Crippen LogP contribution in [0.4, 0.5) is 27.4 Å². The minimum Gasteiger partial charge on any atom is -0.494 e. The van der Waals surface area contributed by atoms with Gasteiger partial charge in [0.2, 0.25) is 17.7 Å². The quantitative estimate of drug-likeness (QED) is 0.342. The van der Waals surface area contributed by atoms with Crippen LogP contribution in [0.25, 0.3) is 22.2 Å². The van der Waals surface area contributed by atoms with E-state index < -0.39 is 16.4 Å². The molecule has 0 fully saturated rings. The molecular formula is C23H16FN7O4. The van der Waals surface area contributed by atoms with Gasteiger partial charge >= 0.3 is 5.69 Å². The lowest BCUT2D eigenvalue weighted by molar-refractivity contribution is -0.387. The van der Waals surface area contributed by atoms with Crippen molar-refractivity contribution in [3.63, 3.8) is 0 Å². The van der Waals surface area contributed by atoms with Gasteiger partial charge in [0.05, 0.1) is 46.4 Å². The molecule has 11 nitrogen and oxygen atoms in total. The molecule has 174 valence electrons. The van der Waals surface area contributed by atoms with Gasteiger partial charge in [-0.05, 0) is 6.07 Å². The highest BCUT2D eigenvalue weighted by Gasteiger charge is 2.26. The van der Waals surface area contributed by atoms with Gasteiger partial charge in [0.25, 0.3) is 0 Å². The number of halogens is 1. The monoisotopic (exact) mass is 473 g/mol. The van der Waals surface area contributed by atoms with Gasteiger partial charge in [-0.1, -0.05) is 12.1 Å². The van der Waals surface area contributed by atoms with E-state index in [0.29, 0.717) is 11.3 Å². The number of rotatable bonds is 5. The summed E-state index contributed by atoms with van der Waals surface area (Å²) < 4.78 is 21.0. The minimum absolute atomic E-state index is 0.0105. The molecule has 0 radical (unpaired) electrons. The first-order chi connectivity index (χ1) is 16.8. The Morgan fingerprint density at radius 2 is 2.14 bits per heavy atom. The number of hydrogen-bond donors (Lipinski definition) is 1. The lowest BCUT2D eigenvalue weighted by Crippen LogP contribution is -2.33. The maximum absolute atomic E-state index is 14.0. The zero-order valence-electron chi connectivity index (χ0n) is 18.4. The van der Waals surface area contributed by atoms with Crippen molar-refractivity contribution in [2.24, 2.45) is 0 Å². The number of carbonyl (C=O) groups is 1. The Morgan fingerprint density at radius 3 is 2.86 bits per heavy atom. The van der Waals surface area contributed by atoms with E-state index in [9.17, 15) is 24.6 Å². The number of nitrogens with zero attached hydrogens (tertiary/aromatic N) is 6. The molecule has 0 bridgehead atoms. The SMILES string of the molecule is COc1cc(F)c([N+](=O)[O-])cc1Nc1ncc(C#N)c(-c2cn3c4c(cccc24)N(C)C(=O)C3)n1. The molecular weight excluding hydrogens is 457 g/mol. The number of anilines is 3. The second kappa shape index (κ2) is 8.07. The largest absolute Gasteiger partial charge is 0.494 e. The van der Waals surface area contributed by atoms with Gasteiger partial charge in [-0.3, -0.25) is 14.9 Å². The summed E-state index contributed by atoms with van der Waals surface area (Å²) in [5.74, 6) is -1.11. The van der Waals surface area contributed by atoms with Gasteiger partial charge in [-0.2, -0.15) is 9.65 Å². The molecule has 0 unspecified atom stereocenters. The minimum atomic E-state index is -1.05. The number of ether oxygens (including phenoxy) is 1. The van der Waals surface area contributed by atoms with Crippen LogP contribution < -0.4 is 15.0 Å². The van der Waals surface area contributed by atoms with Crippen LogP contribution in [0.1, 0.15) is 5.56 Å². The molecule has 0 aliphatic carbocycles. The van der Waals surface area contributed by atoms with E-state index in [-0.39, 0.29) is 35.4 Å². The molecule has 12 heteroatoms. The number of hydrogen-bond acceptors (Lipinski definition) is 8. The molecule has 0 atom stereocenters. The standard InChI is InChI=1S/C23H16FN7O4/c1-29-17-5-3-4-13-14(10-30(22(13)17)11-20(29)32)21-12(8-25)9-26-23(28-21)27-16-7-18(31(33)34)15(24)6-19(16)35-2/h3-7,9-10H,11H2,1-2H3,(H,26,27,28). The van der Waals surface area contributed by atoms with Crippen molar-refractivity contribution < 1.29 is 18.8 Å². The first-order valence-electron chi connectivity index (χ1n) is 10.3. The van der Waals surface area contributed by atoms with Crippen LogP contribution in [-0.4, -0.2) is 39.5 Å². The molecule has 0 saturated heterocycles. The first-order valence-corrected chi connectivity index (χ1v) is 10.3. The second-order valence-corrected chi connectivity index (χ2v) is 7.75. The molecule has 0 saturated carbocycles. The Bertz CT molecular complexity index is 1590. The van der Waals surface area contributed by atoms with Gasteiger partial charge in [-0.15, -0.1) is 0 Å². The molecule has 1 N–H and O–H groups in total. The molecule has 3 heterocycles. The highest BCUT2D eigenvalue weighted by molar-refractivity contribution is 6.10. The highest BCUT2D eigenvalue weighted by Crippen LogP contribution is 2.39. The lowest BCUT2D eigenvalue weighted by Gasteiger charge is -2.24. The number of nitriles is 1. The maximum atomic E-state index is 14.0. The summed E-state index contributed by atoms with van der Waals surface area (Å²) in [7, 11) is 3.00. The normalized spacial score (nSPS) is 12.5. The van der Waals surface area contributed by atoms with E-state index >= 15 is 0 Å². The molecule has 1 amide bonds. The van der Waals surface area contributed by atoms with Crippen LogP contribution in [0, 0.1) is 27.3 Å². The number of nitro groups is 1. The topological polar surface area (TPSA) is 139 Å². The third-order valence-electron chi connectivity index (χ3n) is 5.79. The summed E-state index contributed by atoms with van der Waals surface area (Å²) >= 11 is 0. The van der Waals surface area contributed by atoms with E-state index in [4.69, 9.17) is 4.74 Å². The van der Waals surface area contributed by atoms with Gasteiger partial charge in [0, 0.05) is 36.3 Å². The highest BCUT2D eigenvalue weighted by atomic mass is 19.1. The van der Waals surface area contributed by atoms with Gasteiger partial charge in [-0.25, -0.2) is 9.97 Å². The van der Waals surface area contributed by atoms with E-state index in [0.717, 1.165) is 28.7 Å². The summed E-state index contributed by atoms with van der Waals surface area (Å²) in [5, 5.41) is 24.5. The van der Waals surface area contributed by atoms with E-state index in [1.165, 1.54) is 13.3 Å². The zero-order chi connectivity index (χ0) is 24.9. The van der Waals surface area contributed by atoms with Crippen molar-refractivity contribution in [1.82, 2.24) is 14.5 Å². The summed E-state index contributed by atoms with van der Waals surface area (Å²) in [6.07, 6.45) is 3.08. The Morgan fingerprint density at radius 1 is 1.34 bits per heavy atom. The van der Waals surface area contributed by atoms with Crippen molar-refractivity contribution in [2.75, 3.05) is 24.4 Å². The third-order valence-corrected chi connectivity index (χ3v) is 5.79. The Hall–Kier alpha value is -5.05. The molecule has 2 aromatic carbocycles. The fourth-order valence-electron chi connectivity index (χ4n) is 4.11. The van der Waals surface area contributed by atoms with Gasteiger partial charge < -0.3 is 19.5 Å². The summed E-state index contributed by atoms with van der Waals surface area (Å²) in [4.78, 5) is 33.0. The Labute approximate surface area is 197 Å². The van der Waals surface area contributed by atoms with Crippen molar-refractivity contribution in [1.29, 1.82) is 5.26 Å². The van der Waals surface area contributed by atoms with Crippen LogP contribution in [0.5, 0.6) is 5.75 Å². The van der Waals surface area contributed by atoms with E-state index in [1.54, 1.807) is 18.1 Å². The van der Waals surface area contributed by atoms with Gasteiger partial charge in [0.1, 0.15) is 18.4 Å². The number of aromatic nitrogens is 3. The van der Waals surface area contributed by atoms with Crippen LogP contribution in [-0.2, 0) is 11.3 Å². The average molecular weight is 473 g/mol. The number of methoxy groups -OCH3 is 1. The Kier molecular flexibility index (Phi) is 5.02. The van der Waals surface area contributed by atoms with Crippen molar-refractivity contribution in [3.05, 3.63) is 64.2 Å². The summed E-state index contributed by atoms with van der Waals surface area (Å²) in [6.45, 7) is 0.137. The predicted octanol–water partition coefficient (Wildman–Crippen LogP) is 3.75. The third kappa shape index (κ3) is 3.46. The number of para-hydroxylation sites is 1. The van der Waals surface area contributed by atoms with Crippen LogP contribution >= 0.6 is 0 Å². The molecule has 4 aromatic rings. The molecule has 35 heavy (non-hydrogen) atoms. The van der Waals surface area contributed by atoms with Gasteiger partial charge in [0.15, 0.2) is 0 Å². The van der Waals surface area contributed by atoms with Crippen LogP contribution in [0.15, 0.2) is 42.7 Å². The fourth-order valence-corrected chi connectivity index (χ4v) is 4.11. The molecule has 0 spiro atoms. The number of carbonyl (C=O) groups excluding carboxylic acids is 1. The number of likely N-dealkylation sites (N-methyl/N-ethyl adjacent to an activating group) is 1. The van der Waals surface area contributed by atoms with Crippen LogP contribution in [0.3, 0.4) is 0 Å². The molecule has 2 aromatic heterocycles. The number of benzene rings is 2. The second-order valence-electron chi connectivity index (χ2n) is 7.75. The zero-order valence-corrected chi connectivity index (χ0v) is 18.4. The maximum Gasteiger partial charge on any atom is 0.307 e. The Balaban J connectivity index is 1.65. The van der Waals surface area contributed by atoms with Crippen molar-refractivity contribution in [2.45, 2.75) is 6.54 Å². The van der Waals surface area contributed by atoms with E-state index in [2.05, 4.69) is 21.4 Å². The smallest absolute Gasteiger partial charge is 0.307 e. The number of nitrogens with one attached hydrogen (secondary N) is 1. The predicted molar refractivity (Wildman–Crippen MR) is 124 cm³/mol. The van der Waals surface area contributed by atoms with Crippen LogP contribution in [0.2, 0.25) is 0 Å². The summed E-state index contributed by atoms with van der Waals surface area (Å²) in [6, 6.07) is 9.48.